The molecule has 3 nitrogen and oxygen atoms in total. The van der Waals surface area contributed by atoms with Crippen LogP contribution in [0, 0.1) is 12.7 Å². The van der Waals surface area contributed by atoms with Gasteiger partial charge in [-0.05, 0) is 19.1 Å². The van der Waals surface area contributed by atoms with E-state index >= 15 is 0 Å². The van der Waals surface area contributed by atoms with Gasteiger partial charge in [-0.25, -0.2) is 14.2 Å². The molecule has 2 aromatic rings. The Balaban J connectivity index is 2.65. The molecule has 1 heterocycles. The van der Waals surface area contributed by atoms with E-state index in [2.05, 4.69) is 4.98 Å². The molecule has 0 atom stereocenters. The molecule has 0 spiro atoms. The molecule has 1 aromatic heterocycles. The Morgan fingerprint density at radius 3 is 2.50 bits per heavy atom. The predicted octanol–water partition coefficient (Wildman–Crippen LogP) is 3.97. The van der Waals surface area contributed by atoms with E-state index in [1.54, 1.807) is 6.92 Å². The third kappa shape index (κ3) is 2.64. The number of rotatable bonds is 2. The third-order valence-electron chi connectivity index (χ3n) is 2.44. The molecule has 0 aliphatic heterocycles. The maximum Gasteiger partial charge on any atom is 0.435 e. The number of aryl methyl sites for hydroxylation is 1. The molecule has 0 aliphatic rings. The largest absolute Gasteiger partial charge is 0.477 e. The van der Waals surface area contributed by atoms with Gasteiger partial charge < -0.3 is 5.11 Å². The van der Waals surface area contributed by atoms with Crippen LogP contribution in [0.5, 0.6) is 0 Å². The van der Waals surface area contributed by atoms with Crippen molar-refractivity contribution < 1.29 is 27.5 Å². The SMILES string of the molecule is Cc1ccc(F)c(-c2nc(C(F)(F)F)c(C(=O)O)s2)c1. The fourth-order valence-corrected chi connectivity index (χ4v) is 2.52. The molecular weight excluding hydrogens is 298 g/mol. The van der Waals surface area contributed by atoms with Gasteiger partial charge in [0.1, 0.15) is 15.7 Å². The van der Waals surface area contributed by atoms with Crippen molar-refractivity contribution in [1.82, 2.24) is 4.98 Å². The van der Waals surface area contributed by atoms with Crippen molar-refractivity contribution in [1.29, 1.82) is 0 Å². The molecule has 0 saturated carbocycles. The Hall–Kier alpha value is -1.96. The van der Waals surface area contributed by atoms with Crippen molar-refractivity contribution in [3.8, 4) is 10.6 Å². The summed E-state index contributed by atoms with van der Waals surface area (Å²) in [6, 6.07) is 3.87. The average Bonchev–Trinajstić information content (AvgIpc) is 2.77. The summed E-state index contributed by atoms with van der Waals surface area (Å²) in [5.41, 5.74) is -1.03. The van der Waals surface area contributed by atoms with Crippen molar-refractivity contribution in [3.05, 3.63) is 40.2 Å². The molecule has 0 bridgehead atoms. The standard InChI is InChI=1S/C12H7F4NO2S/c1-5-2-3-7(13)6(4-5)10-17-9(12(14,15)16)8(20-10)11(18)19/h2-4H,1H3,(H,18,19). The molecule has 2 rings (SSSR count). The molecule has 1 N–H and O–H groups in total. The van der Waals surface area contributed by atoms with E-state index in [1.165, 1.54) is 12.1 Å². The van der Waals surface area contributed by atoms with Gasteiger partial charge in [0.15, 0.2) is 5.69 Å². The van der Waals surface area contributed by atoms with E-state index in [9.17, 15) is 22.4 Å². The van der Waals surface area contributed by atoms with Crippen molar-refractivity contribution in [2.24, 2.45) is 0 Å². The number of hydrogen-bond acceptors (Lipinski definition) is 3. The lowest BCUT2D eigenvalue weighted by Crippen LogP contribution is -2.11. The van der Waals surface area contributed by atoms with Crippen LogP contribution in [0.25, 0.3) is 10.6 Å². The van der Waals surface area contributed by atoms with Crippen LogP contribution in [0.2, 0.25) is 0 Å². The number of benzene rings is 1. The van der Waals surface area contributed by atoms with Crippen LogP contribution in [-0.4, -0.2) is 16.1 Å². The number of nitrogens with zero attached hydrogens (tertiary/aromatic N) is 1. The quantitative estimate of drug-likeness (QED) is 0.854. The molecule has 0 saturated heterocycles. The lowest BCUT2D eigenvalue weighted by molar-refractivity contribution is -0.141. The maximum atomic E-state index is 13.6. The molecule has 20 heavy (non-hydrogen) atoms. The van der Waals surface area contributed by atoms with Gasteiger partial charge in [-0.1, -0.05) is 11.6 Å². The number of hydrogen-bond donors (Lipinski definition) is 1. The molecule has 0 unspecified atom stereocenters. The average molecular weight is 305 g/mol. The van der Waals surface area contributed by atoms with E-state index in [-0.39, 0.29) is 10.6 Å². The minimum atomic E-state index is -4.90. The summed E-state index contributed by atoms with van der Waals surface area (Å²) < 4.78 is 51.7. The smallest absolute Gasteiger partial charge is 0.435 e. The van der Waals surface area contributed by atoms with Gasteiger partial charge in [0.05, 0.1) is 0 Å². The zero-order valence-corrected chi connectivity index (χ0v) is 10.8. The summed E-state index contributed by atoms with van der Waals surface area (Å²) in [5, 5.41) is 8.48. The minimum Gasteiger partial charge on any atom is -0.477 e. The van der Waals surface area contributed by atoms with Crippen molar-refractivity contribution >= 4 is 17.3 Å². The molecule has 1 aromatic carbocycles. The minimum absolute atomic E-state index is 0.145. The maximum absolute atomic E-state index is 13.6. The first-order valence-electron chi connectivity index (χ1n) is 5.28. The normalized spacial score (nSPS) is 11.7. The molecular formula is C12H7F4NO2S. The Bertz CT molecular complexity index is 679. The summed E-state index contributed by atoms with van der Waals surface area (Å²) in [6.45, 7) is 1.64. The summed E-state index contributed by atoms with van der Waals surface area (Å²) in [6.07, 6.45) is -4.90. The summed E-state index contributed by atoms with van der Waals surface area (Å²) >= 11 is 0.300. The van der Waals surface area contributed by atoms with Gasteiger partial charge in [-0.2, -0.15) is 13.2 Å². The highest BCUT2D eigenvalue weighted by molar-refractivity contribution is 7.17. The molecule has 0 aliphatic carbocycles. The van der Waals surface area contributed by atoms with Gasteiger partial charge in [-0.15, -0.1) is 11.3 Å². The monoisotopic (exact) mass is 305 g/mol. The molecule has 8 heteroatoms. The van der Waals surface area contributed by atoms with Crippen LogP contribution in [-0.2, 0) is 6.18 Å². The fourth-order valence-electron chi connectivity index (χ4n) is 1.58. The molecule has 0 amide bonds. The van der Waals surface area contributed by atoms with E-state index in [0.717, 1.165) is 6.07 Å². The van der Waals surface area contributed by atoms with E-state index in [1.807, 2.05) is 0 Å². The second kappa shape index (κ2) is 4.86. The first-order chi connectivity index (χ1) is 9.20. The number of halogens is 4. The van der Waals surface area contributed by atoms with Crippen LogP contribution in [0.3, 0.4) is 0 Å². The van der Waals surface area contributed by atoms with E-state index in [0.29, 0.717) is 16.9 Å². The van der Waals surface area contributed by atoms with Gasteiger partial charge in [0.25, 0.3) is 0 Å². The lowest BCUT2D eigenvalue weighted by atomic mass is 10.1. The molecule has 0 fully saturated rings. The zero-order chi connectivity index (χ0) is 15.1. The van der Waals surface area contributed by atoms with E-state index in [4.69, 9.17) is 5.11 Å². The second-order valence-electron chi connectivity index (χ2n) is 3.98. The van der Waals surface area contributed by atoms with Gasteiger partial charge in [-0.3, -0.25) is 0 Å². The Morgan fingerprint density at radius 2 is 2.00 bits per heavy atom. The topological polar surface area (TPSA) is 50.2 Å². The number of carboxylic acids is 1. The first kappa shape index (κ1) is 14.4. The van der Waals surface area contributed by atoms with Crippen LogP contribution in [0.1, 0.15) is 20.9 Å². The Morgan fingerprint density at radius 1 is 1.35 bits per heavy atom. The van der Waals surface area contributed by atoms with Crippen LogP contribution < -0.4 is 0 Å². The number of aromatic carboxylic acids is 1. The highest BCUT2D eigenvalue weighted by atomic mass is 32.1. The highest BCUT2D eigenvalue weighted by Crippen LogP contribution is 2.38. The number of aromatic nitrogens is 1. The summed E-state index contributed by atoms with van der Waals surface area (Å²) in [5.74, 6) is -2.50. The summed E-state index contributed by atoms with van der Waals surface area (Å²) in [7, 11) is 0. The third-order valence-corrected chi connectivity index (χ3v) is 3.52. The van der Waals surface area contributed by atoms with Crippen LogP contribution in [0.4, 0.5) is 17.6 Å². The number of carboxylic acid groups (broad SMARTS) is 1. The number of alkyl halides is 3. The zero-order valence-electron chi connectivity index (χ0n) is 9.95. The number of carbonyl (C=O) groups is 1. The Labute approximate surface area is 114 Å². The predicted molar refractivity (Wildman–Crippen MR) is 64.2 cm³/mol. The van der Waals surface area contributed by atoms with Crippen molar-refractivity contribution in [2.45, 2.75) is 13.1 Å². The van der Waals surface area contributed by atoms with Gasteiger partial charge >= 0.3 is 12.1 Å². The first-order valence-corrected chi connectivity index (χ1v) is 6.09. The highest BCUT2D eigenvalue weighted by Gasteiger charge is 2.40. The van der Waals surface area contributed by atoms with Crippen LogP contribution >= 0.6 is 11.3 Å². The second-order valence-corrected chi connectivity index (χ2v) is 4.98. The molecule has 0 radical (unpaired) electrons. The van der Waals surface area contributed by atoms with Gasteiger partial charge in [0.2, 0.25) is 0 Å². The lowest BCUT2D eigenvalue weighted by Gasteiger charge is -2.03. The van der Waals surface area contributed by atoms with Crippen molar-refractivity contribution in [3.63, 3.8) is 0 Å². The van der Waals surface area contributed by atoms with Gasteiger partial charge in [0, 0.05) is 5.56 Å². The summed E-state index contributed by atoms with van der Waals surface area (Å²) in [4.78, 5) is 13.1. The fraction of sp³-hybridized carbons (Fsp3) is 0.167. The Kier molecular flexibility index (Phi) is 3.51. The van der Waals surface area contributed by atoms with Crippen LogP contribution in [0.15, 0.2) is 18.2 Å². The van der Waals surface area contributed by atoms with Crippen molar-refractivity contribution in [2.75, 3.05) is 0 Å². The molecule has 106 valence electrons. The number of thiazole rings is 1. The van der Waals surface area contributed by atoms with E-state index < -0.39 is 28.5 Å².